The molecule has 2 aromatic heterocycles. The monoisotopic (exact) mass is 403 g/mol. The van der Waals surface area contributed by atoms with E-state index in [0.29, 0.717) is 17.5 Å². The molecule has 30 heavy (non-hydrogen) atoms. The van der Waals surface area contributed by atoms with Crippen LogP contribution in [0.15, 0.2) is 78.9 Å². The molecule has 1 fully saturated rings. The summed E-state index contributed by atoms with van der Waals surface area (Å²) in [4.78, 5) is 35.1. The maximum absolute atomic E-state index is 13.2. The number of hydrogen-bond donors (Lipinski definition) is 1. The highest BCUT2D eigenvalue weighted by Gasteiger charge is 2.45. The van der Waals surface area contributed by atoms with Crippen molar-refractivity contribution in [1.82, 2.24) is 14.9 Å². The minimum absolute atomic E-state index is 0.0245. The molecule has 0 radical (unpaired) electrons. The molecular weight excluding hydrogens is 385 g/mol. The van der Waals surface area contributed by atoms with Crippen LogP contribution < -0.4 is 0 Å². The lowest BCUT2D eigenvalue weighted by molar-refractivity contribution is -0.139. The molecule has 1 aliphatic heterocycles. The van der Waals surface area contributed by atoms with Crippen LogP contribution in [-0.2, 0) is 16.0 Å². The summed E-state index contributed by atoms with van der Waals surface area (Å²) in [5.74, 6) is -2.02. The van der Waals surface area contributed by atoms with Crippen LogP contribution in [0.25, 0.3) is 5.76 Å². The van der Waals surface area contributed by atoms with Gasteiger partial charge in [-0.25, -0.2) is 4.39 Å². The molecule has 1 aromatic carbocycles. The zero-order chi connectivity index (χ0) is 21.1. The van der Waals surface area contributed by atoms with Gasteiger partial charge in [-0.1, -0.05) is 12.1 Å². The standard InChI is InChI=1S/C23H18FN3O3/c24-18-3-1-15(2-4-18)9-14-27-20(16-5-10-25-11-6-16)19(22(29)23(27)30)21(28)17-7-12-26-13-8-17/h1-8,10-13,20,28H,9,14H2/b21-19-. The molecule has 1 saturated heterocycles. The van der Waals surface area contributed by atoms with Crippen LogP contribution in [0.2, 0.25) is 0 Å². The van der Waals surface area contributed by atoms with Gasteiger partial charge in [-0.05, 0) is 53.9 Å². The molecule has 4 rings (SSSR count). The number of rotatable bonds is 5. The molecule has 1 atom stereocenters. The predicted molar refractivity (Wildman–Crippen MR) is 108 cm³/mol. The molecule has 6 nitrogen and oxygen atoms in total. The van der Waals surface area contributed by atoms with Gasteiger partial charge in [-0.2, -0.15) is 0 Å². The number of carbonyl (C=O) groups is 2. The fraction of sp³-hybridized carbons (Fsp3) is 0.130. The Bertz CT molecular complexity index is 1100. The average molecular weight is 403 g/mol. The van der Waals surface area contributed by atoms with Crippen LogP contribution in [-0.4, -0.2) is 38.2 Å². The second-order valence-electron chi connectivity index (χ2n) is 6.89. The molecule has 0 saturated carbocycles. The van der Waals surface area contributed by atoms with Gasteiger partial charge in [0.05, 0.1) is 11.6 Å². The number of ketones is 1. The highest BCUT2D eigenvalue weighted by molar-refractivity contribution is 6.46. The van der Waals surface area contributed by atoms with Gasteiger partial charge in [0.25, 0.3) is 11.7 Å². The van der Waals surface area contributed by atoms with Gasteiger partial charge in [-0.3, -0.25) is 19.6 Å². The van der Waals surface area contributed by atoms with Gasteiger partial charge in [-0.15, -0.1) is 0 Å². The number of pyridine rings is 2. The van der Waals surface area contributed by atoms with Crippen molar-refractivity contribution in [2.45, 2.75) is 12.5 Å². The zero-order valence-electron chi connectivity index (χ0n) is 15.9. The normalized spacial score (nSPS) is 18.0. The molecule has 1 unspecified atom stereocenters. The summed E-state index contributed by atoms with van der Waals surface area (Å²) in [5.41, 5.74) is 1.93. The van der Waals surface area contributed by atoms with E-state index in [0.717, 1.165) is 5.56 Å². The molecule has 1 aliphatic rings. The third-order valence-corrected chi connectivity index (χ3v) is 5.07. The maximum Gasteiger partial charge on any atom is 0.295 e. The summed E-state index contributed by atoms with van der Waals surface area (Å²) >= 11 is 0. The Morgan fingerprint density at radius 2 is 1.53 bits per heavy atom. The van der Waals surface area contributed by atoms with Crippen molar-refractivity contribution in [3.8, 4) is 0 Å². The third-order valence-electron chi connectivity index (χ3n) is 5.07. The molecule has 7 heteroatoms. The molecule has 3 aromatic rings. The van der Waals surface area contributed by atoms with Gasteiger partial charge >= 0.3 is 0 Å². The van der Waals surface area contributed by atoms with E-state index >= 15 is 0 Å². The Morgan fingerprint density at radius 3 is 2.17 bits per heavy atom. The summed E-state index contributed by atoms with van der Waals surface area (Å²) in [6.45, 7) is 0.232. The minimum atomic E-state index is -0.749. The highest BCUT2D eigenvalue weighted by Crippen LogP contribution is 2.39. The van der Waals surface area contributed by atoms with Crippen LogP contribution in [0.3, 0.4) is 0 Å². The van der Waals surface area contributed by atoms with Crippen molar-refractivity contribution in [3.05, 3.63) is 101 Å². The van der Waals surface area contributed by atoms with E-state index in [9.17, 15) is 19.1 Å². The number of hydrogen-bond acceptors (Lipinski definition) is 5. The quantitative estimate of drug-likeness (QED) is 0.402. The van der Waals surface area contributed by atoms with E-state index in [1.807, 2.05) is 0 Å². The Hall–Kier alpha value is -3.87. The topological polar surface area (TPSA) is 83.4 Å². The van der Waals surface area contributed by atoms with Crippen molar-refractivity contribution >= 4 is 17.4 Å². The first-order chi connectivity index (χ1) is 14.6. The number of aromatic nitrogens is 2. The number of benzene rings is 1. The molecule has 0 spiro atoms. The first-order valence-electron chi connectivity index (χ1n) is 9.39. The van der Waals surface area contributed by atoms with Crippen LogP contribution in [0.4, 0.5) is 4.39 Å². The Balaban J connectivity index is 1.74. The number of halogens is 1. The van der Waals surface area contributed by atoms with Crippen LogP contribution in [0.5, 0.6) is 0 Å². The lowest BCUT2D eigenvalue weighted by atomic mass is 9.96. The fourth-order valence-corrected chi connectivity index (χ4v) is 3.57. The largest absolute Gasteiger partial charge is 0.507 e. The van der Waals surface area contributed by atoms with Crippen LogP contribution in [0, 0.1) is 5.82 Å². The van der Waals surface area contributed by atoms with Gasteiger partial charge in [0.2, 0.25) is 0 Å². The third kappa shape index (κ3) is 3.69. The van der Waals surface area contributed by atoms with Crippen molar-refractivity contribution < 1.29 is 19.1 Å². The second-order valence-corrected chi connectivity index (χ2v) is 6.89. The molecule has 1 N–H and O–H groups in total. The first kappa shape index (κ1) is 19.4. The molecule has 0 aliphatic carbocycles. The van der Waals surface area contributed by atoms with Gasteiger partial charge in [0.15, 0.2) is 0 Å². The summed E-state index contributed by atoms with van der Waals surface area (Å²) in [6, 6.07) is 11.8. The number of likely N-dealkylation sites (tertiary alicyclic amines) is 1. The van der Waals surface area contributed by atoms with E-state index in [-0.39, 0.29) is 23.7 Å². The summed E-state index contributed by atoms with van der Waals surface area (Å²) < 4.78 is 13.2. The lowest BCUT2D eigenvalue weighted by Gasteiger charge is -2.25. The minimum Gasteiger partial charge on any atom is -0.507 e. The number of Topliss-reactive ketones (excluding diaryl/α,β-unsaturated/α-hetero) is 1. The fourth-order valence-electron chi connectivity index (χ4n) is 3.57. The number of aliphatic hydroxyl groups excluding tert-OH is 1. The number of aliphatic hydroxyl groups is 1. The van der Waals surface area contributed by atoms with Gasteiger partial charge in [0.1, 0.15) is 11.6 Å². The average Bonchev–Trinajstić information content (AvgIpc) is 3.04. The van der Waals surface area contributed by atoms with Crippen molar-refractivity contribution in [1.29, 1.82) is 0 Å². The first-order valence-corrected chi connectivity index (χ1v) is 9.39. The SMILES string of the molecule is O=C1C(=O)N(CCc2ccc(F)cc2)C(c2ccncc2)/C1=C(/O)c1ccncc1. The van der Waals surface area contributed by atoms with Gasteiger partial charge < -0.3 is 10.0 Å². The van der Waals surface area contributed by atoms with E-state index in [4.69, 9.17) is 0 Å². The summed E-state index contributed by atoms with van der Waals surface area (Å²) in [7, 11) is 0. The molecular formula is C23H18FN3O3. The maximum atomic E-state index is 13.2. The molecule has 3 heterocycles. The van der Waals surface area contributed by atoms with Crippen molar-refractivity contribution in [2.75, 3.05) is 6.54 Å². The number of amides is 1. The van der Waals surface area contributed by atoms with Crippen LogP contribution >= 0.6 is 0 Å². The summed E-state index contributed by atoms with van der Waals surface area (Å²) in [6.07, 6.45) is 6.58. The Labute approximate surface area is 172 Å². The van der Waals surface area contributed by atoms with E-state index in [1.54, 1.807) is 48.8 Å². The van der Waals surface area contributed by atoms with Crippen molar-refractivity contribution in [2.24, 2.45) is 0 Å². The van der Waals surface area contributed by atoms with E-state index in [2.05, 4.69) is 9.97 Å². The van der Waals surface area contributed by atoms with Crippen LogP contribution in [0.1, 0.15) is 22.7 Å². The second kappa shape index (κ2) is 8.24. The Kier molecular flexibility index (Phi) is 5.34. The molecule has 150 valence electrons. The zero-order valence-corrected chi connectivity index (χ0v) is 15.9. The molecule has 1 amide bonds. The highest BCUT2D eigenvalue weighted by atomic mass is 19.1. The smallest absolute Gasteiger partial charge is 0.295 e. The number of nitrogens with zero attached hydrogens (tertiary/aromatic N) is 3. The van der Waals surface area contributed by atoms with E-state index in [1.165, 1.54) is 29.4 Å². The van der Waals surface area contributed by atoms with Crippen molar-refractivity contribution in [3.63, 3.8) is 0 Å². The van der Waals surface area contributed by atoms with E-state index < -0.39 is 17.7 Å². The summed E-state index contributed by atoms with van der Waals surface area (Å²) in [5, 5.41) is 10.9. The number of carbonyl (C=O) groups excluding carboxylic acids is 2. The molecule has 0 bridgehead atoms. The van der Waals surface area contributed by atoms with Gasteiger partial charge in [0, 0.05) is 36.9 Å². The Morgan fingerprint density at radius 1 is 0.933 bits per heavy atom. The predicted octanol–water partition coefficient (Wildman–Crippen LogP) is 3.28. The lowest BCUT2D eigenvalue weighted by Crippen LogP contribution is -2.31.